The van der Waals surface area contributed by atoms with Gasteiger partial charge in [-0.25, -0.2) is 0 Å². The summed E-state index contributed by atoms with van der Waals surface area (Å²) < 4.78 is 12.5. The molecule has 2 fully saturated rings. The number of nitrogens with one attached hydrogen (secondary N) is 1. The predicted molar refractivity (Wildman–Crippen MR) is 148 cm³/mol. The van der Waals surface area contributed by atoms with Crippen LogP contribution in [0.1, 0.15) is 49.2 Å². The first-order chi connectivity index (χ1) is 18.6. The van der Waals surface area contributed by atoms with Crippen LogP contribution in [0.3, 0.4) is 0 Å². The number of pyridine rings is 1. The van der Waals surface area contributed by atoms with Gasteiger partial charge in [0.2, 0.25) is 0 Å². The van der Waals surface area contributed by atoms with E-state index in [1.54, 1.807) is 18.3 Å². The first-order valence-electron chi connectivity index (χ1n) is 12.7. The third-order valence-electron chi connectivity index (χ3n) is 7.08. The van der Waals surface area contributed by atoms with Crippen molar-refractivity contribution in [1.29, 1.82) is 0 Å². The normalized spacial score (nSPS) is 19.5. The van der Waals surface area contributed by atoms with Crippen LogP contribution in [0.15, 0.2) is 89.5 Å². The molecule has 1 saturated carbocycles. The third-order valence-corrected chi connectivity index (χ3v) is 7.39. The van der Waals surface area contributed by atoms with Crippen LogP contribution in [0.4, 0.5) is 11.4 Å². The van der Waals surface area contributed by atoms with Gasteiger partial charge in [0.1, 0.15) is 23.3 Å². The van der Waals surface area contributed by atoms with Crippen molar-refractivity contribution >= 4 is 28.7 Å². The molecule has 4 aromatic rings. The van der Waals surface area contributed by atoms with Crippen molar-refractivity contribution in [2.24, 2.45) is 0 Å². The van der Waals surface area contributed by atoms with E-state index in [0.29, 0.717) is 22.2 Å². The van der Waals surface area contributed by atoms with Crippen molar-refractivity contribution in [1.82, 2.24) is 10.3 Å². The van der Waals surface area contributed by atoms with Gasteiger partial charge in [-0.15, -0.1) is 0 Å². The molecule has 0 radical (unpaired) electrons. The average molecular weight is 527 g/mol. The van der Waals surface area contributed by atoms with Gasteiger partial charge in [-0.2, -0.15) is 0 Å². The Kier molecular flexibility index (Phi) is 6.51. The van der Waals surface area contributed by atoms with Gasteiger partial charge in [-0.3, -0.25) is 15.1 Å². The summed E-state index contributed by atoms with van der Waals surface area (Å²) in [6.45, 7) is 0. The molecule has 1 aliphatic carbocycles. The lowest BCUT2D eigenvalue weighted by molar-refractivity contribution is -0.384. The smallest absolute Gasteiger partial charge is 0.270 e. The molecule has 0 unspecified atom stereocenters. The van der Waals surface area contributed by atoms with Crippen LogP contribution in [0.2, 0.25) is 0 Å². The molecule has 0 spiro atoms. The highest BCUT2D eigenvalue weighted by Crippen LogP contribution is 2.43. The summed E-state index contributed by atoms with van der Waals surface area (Å²) >= 11 is 5.81. The first kappa shape index (κ1) is 24.1. The van der Waals surface area contributed by atoms with Crippen molar-refractivity contribution in [3.63, 3.8) is 0 Å². The van der Waals surface area contributed by atoms with Gasteiger partial charge in [0, 0.05) is 29.6 Å². The maximum Gasteiger partial charge on any atom is 0.270 e. The zero-order valence-electron chi connectivity index (χ0n) is 20.5. The van der Waals surface area contributed by atoms with E-state index in [-0.39, 0.29) is 23.9 Å². The summed E-state index contributed by atoms with van der Waals surface area (Å²) in [6.07, 6.45) is 6.67. The average Bonchev–Trinajstić information content (AvgIpc) is 3.70. The van der Waals surface area contributed by atoms with Gasteiger partial charge in [0.25, 0.3) is 5.69 Å². The number of benzene rings is 2. The number of anilines is 1. The van der Waals surface area contributed by atoms with Crippen molar-refractivity contribution in [3.05, 3.63) is 107 Å². The van der Waals surface area contributed by atoms with Crippen molar-refractivity contribution in [3.8, 4) is 17.1 Å². The fourth-order valence-corrected chi connectivity index (χ4v) is 5.59. The Labute approximate surface area is 225 Å². The number of non-ortho nitro benzene ring substituents is 1. The van der Waals surface area contributed by atoms with E-state index in [9.17, 15) is 10.1 Å². The monoisotopic (exact) mass is 526 g/mol. The minimum atomic E-state index is -0.411. The van der Waals surface area contributed by atoms with Crippen molar-refractivity contribution in [2.75, 3.05) is 4.90 Å². The fraction of sp³-hybridized carbons (Fsp3) is 0.241. The van der Waals surface area contributed by atoms with Gasteiger partial charge in [-0.05, 0) is 86.4 Å². The lowest BCUT2D eigenvalue weighted by Crippen LogP contribution is -2.29. The zero-order chi connectivity index (χ0) is 26.1. The number of nitro benzene ring substituents is 1. The molecule has 6 rings (SSSR count). The van der Waals surface area contributed by atoms with Crippen LogP contribution in [-0.2, 0) is 0 Å². The highest BCUT2D eigenvalue weighted by atomic mass is 32.1. The molecule has 0 bridgehead atoms. The van der Waals surface area contributed by atoms with Crippen molar-refractivity contribution < 1.29 is 14.1 Å². The van der Waals surface area contributed by atoms with Crippen LogP contribution in [0.5, 0.6) is 5.75 Å². The molecule has 3 heterocycles. The van der Waals surface area contributed by atoms with Crippen LogP contribution in [0, 0.1) is 10.1 Å². The number of hydrogen-bond acceptors (Lipinski definition) is 6. The molecule has 1 saturated heterocycles. The van der Waals surface area contributed by atoms with Gasteiger partial charge >= 0.3 is 0 Å². The SMILES string of the molecule is O=[N+]([O-])c1cccc(-c2ccc([C@@H]3[C@H](c4ccccn4)NC(=S)N3c3ccc(OC4CCCC4)cc3)o2)c1. The number of aromatic nitrogens is 1. The lowest BCUT2D eigenvalue weighted by atomic mass is 10.0. The molecule has 2 atom stereocenters. The van der Waals surface area contributed by atoms with Gasteiger partial charge < -0.3 is 19.4 Å². The molecule has 2 aliphatic rings. The summed E-state index contributed by atoms with van der Waals surface area (Å²) in [5.74, 6) is 2.06. The van der Waals surface area contributed by atoms with Gasteiger partial charge in [0.15, 0.2) is 5.11 Å². The second kappa shape index (κ2) is 10.3. The van der Waals surface area contributed by atoms with E-state index < -0.39 is 4.92 Å². The molecule has 0 amide bonds. The number of nitro groups is 1. The number of ether oxygens (including phenoxy) is 1. The molecule has 192 valence electrons. The molecular weight excluding hydrogens is 500 g/mol. The summed E-state index contributed by atoms with van der Waals surface area (Å²) in [7, 11) is 0. The topological polar surface area (TPSA) is 93.7 Å². The number of furan rings is 1. The molecule has 1 aliphatic heterocycles. The Bertz CT molecular complexity index is 1450. The lowest BCUT2D eigenvalue weighted by Gasteiger charge is -2.26. The largest absolute Gasteiger partial charge is 0.490 e. The Morgan fingerprint density at radius 2 is 1.84 bits per heavy atom. The number of nitrogens with zero attached hydrogens (tertiary/aromatic N) is 3. The van der Waals surface area contributed by atoms with Crippen LogP contribution in [0.25, 0.3) is 11.3 Å². The third kappa shape index (κ3) is 4.72. The molecule has 2 aromatic heterocycles. The van der Waals surface area contributed by atoms with Gasteiger partial charge in [-0.1, -0.05) is 18.2 Å². The fourth-order valence-electron chi connectivity index (χ4n) is 5.25. The van der Waals surface area contributed by atoms with Crippen LogP contribution in [-0.4, -0.2) is 21.1 Å². The minimum absolute atomic E-state index is 0.0112. The molecule has 9 heteroatoms. The van der Waals surface area contributed by atoms with E-state index in [0.717, 1.165) is 30.0 Å². The Hall–Kier alpha value is -4.24. The standard InChI is InChI=1S/C29H26N4O4S/c34-33(35)21-7-5-6-19(18-21)25-15-16-26(37-25)28-27(24-10-3-4-17-30-24)31-29(38)32(28)20-11-13-23(14-12-20)36-22-8-1-2-9-22/h3-7,10-18,22,27-28H,1-2,8-9H2,(H,31,38)/t27-,28+/m0/s1. The summed E-state index contributed by atoms with van der Waals surface area (Å²) in [5, 5.41) is 15.3. The van der Waals surface area contributed by atoms with Gasteiger partial charge in [0.05, 0.1) is 22.8 Å². The number of rotatable bonds is 7. The van der Waals surface area contributed by atoms with E-state index in [1.165, 1.54) is 25.0 Å². The Morgan fingerprint density at radius 1 is 1.03 bits per heavy atom. The second-order valence-corrected chi connectivity index (χ2v) is 9.91. The zero-order valence-corrected chi connectivity index (χ0v) is 21.3. The number of thiocarbonyl (C=S) groups is 1. The Balaban J connectivity index is 1.35. The molecular formula is C29H26N4O4S. The van der Waals surface area contributed by atoms with Crippen LogP contribution < -0.4 is 15.0 Å². The summed E-state index contributed by atoms with van der Waals surface area (Å²) in [6, 6.07) is 23.3. The van der Waals surface area contributed by atoms with E-state index in [4.69, 9.17) is 21.4 Å². The first-order valence-corrected chi connectivity index (χ1v) is 13.1. The van der Waals surface area contributed by atoms with Crippen LogP contribution >= 0.6 is 12.2 Å². The number of hydrogen-bond donors (Lipinski definition) is 1. The molecule has 38 heavy (non-hydrogen) atoms. The van der Waals surface area contributed by atoms with E-state index in [1.807, 2.05) is 59.5 Å². The highest BCUT2D eigenvalue weighted by molar-refractivity contribution is 7.80. The van der Waals surface area contributed by atoms with E-state index in [2.05, 4.69) is 10.3 Å². The molecule has 8 nitrogen and oxygen atoms in total. The maximum absolute atomic E-state index is 11.3. The molecule has 2 aromatic carbocycles. The quantitative estimate of drug-likeness (QED) is 0.161. The predicted octanol–water partition coefficient (Wildman–Crippen LogP) is 6.75. The van der Waals surface area contributed by atoms with E-state index >= 15 is 0 Å². The van der Waals surface area contributed by atoms with Crippen molar-refractivity contribution in [2.45, 2.75) is 43.9 Å². The summed E-state index contributed by atoms with van der Waals surface area (Å²) in [4.78, 5) is 17.5. The minimum Gasteiger partial charge on any atom is -0.490 e. The summed E-state index contributed by atoms with van der Waals surface area (Å²) in [5.41, 5.74) is 2.38. The second-order valence-electron chi connectivity index (χ2n) is 9.52. The Morgan fingerprint density at radius 3 is 2.58 bits per heavy atom. The maximum atomic E-state index is 11.3. The molecule has 1 N–H and O–H groups in total. The highest BCUT2D eigenvalue weighted by Gasteiger charge is 2.42.